The van der Waals surface area contributed by atoms with Gasteiger partial charge in [0.15, 0.2) is 0 Å². The van der Waals surface area contributed by atoms with Gasteiger partial charge in [-0.05, 0) is 82.7 Å². The van der Waals surface area contributed by atoms with Crippen LogP contribution in [-0.2, 0) is 26.5 Å². The number of hydrogen-bond donors (Lipinski definition) is 0. The Balaban J connectivity index is 0.00000327. The van der Waals surface area contributed by atoms with E-state index in [0.29, 0.717) is 17.1 Å². The Kier molecular flexibility index (Phi) is 6.23. The molecule has 0 unspecified atom stereocenters. The van der Waals surface area contributed by atoms with Crippen molar-refractivity contribution in [1.29, 1.82) is 0 Å². The van der Waals surface area contributed by atoms with E-state index in [4.69, 9.17) is 23.5 Å². The molecule has 0 aliphatic rings. The monoisotopic (exact) mass is 844 g/mol. The van der Waals surface area contributed by atoms with Gasteiger partial charge in [-0.25, -0.2) is 4.98 Å². The van der Waals surface area contributed by atoms with Gasteiger partial charge in [0.2, 0.25) is 5.95 Å². The fourth-order valence-corrected chi connectivity index (χ4v) is 7.48. The maximum absolute atomic E-state index is 6.61. The van der Waals surface area contributed by atoms with E-state index in [1.165, 1.54) is 5.56 Å². The molecule has 51 heavy (non-hydrogen) atoms. The van der Waals surface area contributed by atoms with Gasteiger partial charge in [-0.3, -0.25) is 4.98 Å². The fraction of sp³-hybridized carbons (Fsp3) is 0.0952. The van der Waals surface area contributed by atoms with E-state index in [1.807, 2.05) is 65.2 Å². The summed E-state index contributed by atoms with van der Waals surface area (Å²) in [6.07, 6.45) is 5.32. The summed E-state index contributed by atoms with van der Waals surface area (Å²) < 4.78 is 25.8. The SMILES string of the molecule is CC(C)(C)c1ccnc(-n2c3[c-]c(Oc4[c-]n5c6c7c(ccc6n6c8ccccc8nc56)oc5cccc(o4)c57)ccc3c3ccccc32)c1.[Pt+2]. The third-order valence-corrected chi connectivity index (χ3v) is 9.79. The molecular weight excluding hydrogens is 818 g/mol. The van der Waals surface area contributed by atoms with Crippen LogP contribution in [-0.4, -0.2) is 23.3 Å². The smallest absolute Gasteiger partial charge is 0.462 e. The first-order valence-electron chi connectivity index (χ1n) is 16.6. The predicted octanol–water partition coefficient (Wildman–Crippen LogP) is 10.6. The van der Waals surface area contributed by atoms with Crippen LogP contribution in [0.5, 0.6) is 11.7 Å². The van der Waals surface area contributed by atoms with E-state index in [0.717, 1.165) is 71.6 Å². The minimum absolute atomic E-state index is 0. The molecule has 0 saturated carbocycles. The van der Waals surface area contributed by atoms with Crippen molar-refractivity contribution in [3.8, 4) is 17.5 Å². The van der Waals surface area contributed by atoms with Gasteiger partial charge < -0.3 is 26.9 Å². The van der Waals surface area contributed by atoms with E-state index < -0.39 is 0 Å². The summed E-state index contributed by atoms with van der Waals surface area (Å²) in [5, 5.41) is 3.96. The predicted molar refractivity (Wildman–Crippen MR) is 196 cm³/mol. The average Bonchev–Trinajstić information content (AvgIpc) is 3.85. The van der Waals surface area contributed by atoms with Crippen molar-refractivity contribution in [2.75, 3.05) is 0 Å². The molecule has 8 nitrogen and oxygen atoms in total. The van der Waals surface area contributed by atoms with Crippen molar-refractivity contribution in [3.63, 3.8) is 0 Å². The third-order valence-electron chi connectivity index (χ3n) is 9.79. The second-order valence-electron chi connectivity index (χ2n) is 13.8. The number of rotatable bonds is 3. The summed E-state index contributed by atoms with van der Waals surface area (Å²) >= 11 is 0. The molecule has 6 heterocycles. The number of para-hydroxylation sites is 3. The van der Waals surface area contributed by atoms with Gasteiger partial charge in [0.05, 0.1) is 16.4 Å². The Hall–Kier alpha value is -5.85. The van der Waals surface area contributed by atoms with E-state index in [9.17, 15) is 0 Å². The molecule has 0 bridgehead atoms. The molecule has 0 fully saturated rings. The minimum atomic E-state index is -0.0374. The van der Waals surface area contributed by atoms with Crippen LogP contribution in [0, 0.1) is 12.3 Å². The topological polar surface area (TPSA) is 75.0 Å². The van der Waals surface area contributed by atoms with Crippen LogP contribution in [0.15, 0.2) is 118 Å². The normalized spacial score (nSPS) is 12.5. The fourth-order valence-electron chi connectivity index (χ4n) is 7.48. The number of pyridine rings is 1. The van der Waals surface area contributed by atoms with Gasteiger partial charge >= 0.3 is 21.1 Å². The van der Waals surface area contributed by atoms with Crippen LogP contribution >= 0.6 is 0 Å². The zero-order valence-corrected chi connectivity index (χ0v) is 29.9. The first-order chi connectivity index (χ1) is 24.4. The molecular formula is C42H27N5O3Pt. The van der Waals surface area contributed by atoms with Crippen molar-refractivity contribution < 1.29 is 34.6 Å². The summed E-state index contributed by atoms with van der Waals surface area (Å²) in [6, 6.07) is 38.2. The molecule has 11 rings (SSSR count). The Morgan fingerprint density at radius 1 is 0.725 bits per heavy atom. The molecule has 11 aromatic rings. The quantitative estimate of drug-likeness (QED) is 0.166. The maximum atomic E-state index is 6.61. The zero-order valence-electron chi connectivity index (χ0n) is 27.7. The standard InChI is InChI=1S/C42H27N5O3.Pt/c1-42(2,3)24-19-20-43-36(21-24)46-29-11-6-4-9-26(29)27-16-15-25(22-32(27)46)48-37-23-45-40-31(47-30-12-7-5-10-28(30)44-41(45)47)17-18-35-39(40)38-33(49-35)13-8-14-34(38)50-37;/h4-21H,1-3H3;/q-2;+2. The number of nitrogens with zero attached hydrogens (tertiary/aromatic N) is 5. The number of ether oxygens (including phenoxy) is 1. The summed E-state index contributed by atoms with van der Waals surface area (Å²) in [5.41, 5.74) is 8.93. The molecule has 6 aromatic heterocycles. The zero-order chi connectivity index (χ0) is 33.3. The van der Waals surface area contributed by atoms with Crippen LogP contribution in [0.3, 0.4) is 0 Å². The Bertz CT molecular complexity index is 3190. The van der Waals surface area contributed by atoms with E-state index in [2.05, 4.69) is 90.5 Å². The van der Waals surface area contributed by atoms with Crippen LogP contribution in [0.2, 0.25) is 0 Å². The second kappa shape index (κ2) is 10.6. The van der Waals surface area contributed by atoms with E-state index >= 15 is 0 Å². The van der Waals surface area contributed by atoms with Gasteiger partial charge in [0.25, 0.3) is 0 Å². The number of hydrogen-bond acceptors (Lipinski definition) is 5. The molecule has 0 aliphatic carbocycles. The number of furan rings is 1. The van der Waals surface area contributed by atoms with Gasteiger partial charge in [0, 0.05) is 28.4 Å². The number of benzene rings is 5. The number of aromatic nitrogens is 5. The first kappa shape index (κ1) is 30.0. The van der Waals surface area contributed by atoms with Crippen molar-refractivity contribution in [2.45, 2.75) is 26.2 Å². The van der Waals surface area contributed by atoms with Crippen LogP contribution in [0.4, 0.5) is 0 Å². The average molecular weight is 845 g/mol. The number of imidazole rings is 2. The third kappa shape index (κ3) is 4.23. The Morgan fingerprint density at radius 3 is 2.37 bits per heavy atom. The maximum Gasteiger partial charge on any atom is 2.00 e. The summed E-state index contributed by atoms with van der Waals surface area (Å²) in [6.45, 7) is 6.63. The molecule has 0 amide bonds. The number of fused-ring (bicyclic) bond motifs is 8. The van der Waals surface area contributed by atoms with E-state index in [1.54, 1.807) is 0 Å². The first-order valence-corrected chi connectivity index (χ1v) is 16.6. The largest absolute Gasteiger partial charge is 2.00 e. The summed E-state index contributed by atoms with van der Waals surface area (Å²) in [7, 11) is 0. The van der Waals surface area contributed by atoms with Gasteiger partial charge in [-0.15, -0.1) is 17.5 Å². The molecule has 0 N–H and O–H groups in total. The molecule has 248 valence electrons. The molecule has 0 atom stereocenters. The minimum Gasteiger partial charge on any atom is -0.462 e. The Labute approximate surface area is 304 Å². The van der Waals surface area contributed by atoms with Crippen LogP contribution in [0.25, 0.3) is 83.0 Å². The van der Waals surface area contributed by atoms with Gasteiger partial charge in [-0.1, -0.05) is 62.7 Å². The molecule has 0 radical (unpaired) electrons. The van der Waals surface area contributed by atoms with Crippen LogP contribution < -0.4 is 4.74 Å². The summed E-state index contributed by atoms with van der Waals surface area (Å²) in [4.78, 5) is 9.85. The molecule has 5 aromatic carbocycles. The van der Waals surface area contributed by atoms with Crippen molar-refractivity contribution in [3.05, 3.63) is 127 Å². The van der Waals surface area contributed by atoms with Gasteiger partial charge in [0.1, 0.15) is 28.3 Å². The van der Waals surface area contributed by atoms with Gasteiger partial charge in [-0.2, -0.15) is 6.07 Å². The van der Waals surface area contributed by atoms with Crippen molar-refractivity contribution >= 4 is 77.2 Å². The molecule has 9 heteroatoms. The van der Waals surface area contributed by atoms with Crippen molar-refractivity contribution in [2.24, 2.45) is 0 Å². The van der Waals surface area contributed by atoms with Crippen LogP contribution in [0.1, 0.15) is 26.3 Å². The molecule has 0 spiro atoms. The van der Waals surface area contributed by atoms with E-state index in [-0.39, 0.29) is 32.4 Å². The molecule has 0 saturated heterocycles. The second-order valence-corrected chi connectivity index (χ2v) is 13.8. The van der Waals surface area contributed by atoms with Crippen molar-refractivity contribution in [1.82, 2.24) is 23.3 Å². The molecule has 0 aliphatic heterocycles. The summed E-state index contributed by atoms with van der Waals surface area (Å²) in [5.74, 6) is 2.14. The Morgan fingerprint density at radius 2 is 1.51 bits per heavy atom.